The molecule has 108 valence electrons. The molecule has 0 radical (unpaired) electrons. The molecule has 3 aromatic rings. The van der Waals surface area contributed by atoms with Crippen molar-refractivity contribution in [3.8, 4) is 11.4 Å². The van der Waals surface area contributed by atoms with E-state index in [0.29, 0.717) is 17.0 Å². The fraction of sp³-hybridized carbons (Fsp3) is 0.143. The van der Waals surface area contributed by atoms with Gasteiger partial charge in [0.1, 0.15) is 5.82 Å². The molecule has 0 saturated heterocycles. The maximum absolute atomic E-state index is 11.6. The Kier molecular flexibility index (Phi) is 2.94. The zero-order chi connectivity index (χ0) is 15.2. The van der Waals surface area contributed by atoms with Gasteiger partial charge < -0.3 is 10.3 Å². The van der Waals surface area contributed by atoms with E-state index in [1.165, 1.54) is 6.26 Å². The van der Waals surface area contributed by atoms with Gasteiger partial charge in [-0.05, 0) is 24.3 Å². The number of aryl methyl sites for hydroxylation is 1. The normalized spacial score (nSPS) is 11.9. The molecule has 2 heterocycles. The third-order valence-electron chi connectivity index (χ3n) is 3.30. The molecule has 0 fully saturated rings. The first-order valence-corrected chi connectivity index (χ1v) is 8.13. The van der Waals surface area contributed by atoms with Gasteiger partial charge in [0.2, 0.25) is 0 Å². The van der Waals surface area contributed by atoms with Crippen molar-refractivity contribution in [1.82, 2.24) is 14.5 Å². The highest BCUT2D eigenvalue weighted by Gasteiger charge is 2.14. The molecule has 0 atom stereocenters. The number of benzene rings is 1. The Morgan fingerprint density at radius 2 is 1.95 bits per heavy atom. The molecule has 21 heavy (non-hydrogen) atoms. The van der Waals surface area contributed by atoms with Crippen LogP contribution in [0.25, 0.3) is 22.4 Å². The lowest BCUT2D eigenvalue weighted by atomic mass is 10.2. The van der Waals surface area contributed by atoms with Crippen LogP contribution < -0.4 is 5.73 Å². The Balaban J connectivity index is 2.24. The molecule has 2 aromatic heterocycles. The van der Waals surface area contributed by atoms with E-state index in [2.05, 4.69) is 9.97 Å². The van der Waals surface area contributed by atoms with Gasteiger partial charge in [0, 0.05) is 31.3 Å². The second kappa shape index (κ2) is 4.56. The number of pyridine rings is 1. The van der Waals surface area contributed by atoms with Gasteiger partial charge in [-0.2, -0.15) is 0 Å². The van der Waals surface area contributed by atoms with Crippen molar-refractivity contribution in [3.63, 3.8) is 0 Å². The summed E-state index contributed by atoms with van der Waals surface area (Å²) < 4.78 is 25.1. The van der Waals surface area contributed by atoms with Crippen molar-refractivity contribution in [2.24, 2.45) is 7.05 Å². The van der Waals surface area contributed by atoms with Gasteiger partial charge in [0.25, 0.3) is 0 Å². The molecule has 0 bridgehead atoms. The zero-order valence-electron chi connectivity index (χ0n) is 11.6. The summed E-state index contributed by atoms with van der Waals surface area (Å²) in [6.45, 7) is 0. The van der Waals surface area contributed by atoms with E-state index in [1.54, 1.807) is 36.7 Å². The van der Waals surface area contributed by atoms with Crippen LogP contribution in [-0.4, -0.2) is 29.2 Å². The van der Waals surface area contributed by atoms with Crippen LogP contribution in [0, 0.1) is 0 Å². The topological polar surface area (TPSA) is 90.9 Å². The predicted octanol–water partition coefficient (Wildman–Crippen LogP) is 1.62. The Labute approximate surface area is 122 Å². The fourth-order valence-corrected chi connectivity index (χ4v) is 2.89. The van der Waals surface area contributed by atoms with E-state index >= 15 is 0 Å². The molecule has 0 amide bonds. The predicted molar refractivity (Wildman–Crippen MR) is 81.5 cm³/mol. The molecular weight excluding hydrogens is 288 g/mol. The first-order chi connectivity index (χ1) is 9.86. The van der Waals surface area contributed by atoms with Crippen LogP contribution in [0.3, 0.4) is 0 Å². The summed E-state index contributed by atoms with van der Waals surface area (Å²) >= 11 is 0. The van der Waals surface area contributed by atoms with Gasteiger partial charge >= 0.3 is 0 Å². The molecular formula is C14H14N4O2S. The van der Waals surface area contributed by atoms with Gasteiger partial charge in [0.05, 0.1) is 21.6 Å². The minimum absolute atomic E-state index is 0.255. The Hall–Kier alpha value is -2.41. The Morgan fingerprint density at radius 1 is 1.19 bits per heavy atom. The van der Waals surface area contributed by atoms with Gasteiger partial charge in [-0.1, -0.05) is 0 Å². The van der Waals surface area contributed by atoms with Crippen molar-refractivity contribution < 1.29 is 8.42 Å². The summed E-state index contributed by atoms with van der Waals surface area (Å²) in [6.07, 6.45) is 4.42. The summed E-state index contributed by atoms with van der Waals surface area (Å²) in [5.74, 6) is 0.690. The zero-order valence-corrected chi connectivity index (χ0v) is 12.4. The minimum atomic E-state index is -3.25. The molecule has 0 spiro atoms. The molecule has 3 rings (SSSR count). The van der Waals surface area contributed by atoms with Gasteiger partial charge in [-0.15, -0.1) is 0 Å². The quantitative estimate of drug-likeness (QED) is 0.776. The molecule has 0 unspecified atom stereocenters. The summed E-state index contributed by atoms with van der Waals surface area (Å²) in [6, 6.07) is 6.70. The van der Waals surface area contributed by atoms with E-state index in [0.717, 1.165) is 11.1 Å². The summed E-state index contributed by atoms with van der Waals surface area (Å²) in [5.41, 5.74) is 8.55. The first-order valence-electron chi connectivity index (χ1n) is 6.24. The number of fused-ring (bicyclic) bond motifs is 1. The van der Waals surface area contributed by atoms with Gasteiger partial charge in [-0.3, -0.25) is 4.98 Å². The molecule has 6 nitrogen and oxygen atoms in total. The maximum Gasteiger partial charge on any atom is 0.175 e. The monoisotopic (exact) mass is 302 g/mol. The average molecular weight is 302 g/mol. The van der Waals surface area contributed by atoms with Crippen LogP contribution in [0.1, 0.15) is 0 Å². The highest BCUT2D eigenvalue weighted by molar-refractivity contribution is 7.90. The lowest BCUT2D eigenvalue weighted by molar-refractivity contribution is 0.602. The summed E-state index contributed by atoms with van der Waals surface area (Å²) in [7, 11) is -1.38. The van der Waals surface area contributed by atoms with E-state index < -0.39 is 9.84 Å². The third kappa shape index (κ3) is 2.36. The number of sulfone groups is 1. The second-order valence-corrected chi connectivity index (χ2v) is 6.94. The number of anilines is 1. The smallest absolute Gasteiger partial charge is 0.175 e. The molecule has 1 aromatic carbocycles. The van der Waals surface area contributed by atoms with E-state index in [-0.39, 0.29) is 4.90 Å². The largest absolute Gasteiger partial charge is 0.397 e. The number of hydrogen-bond donors (Lipinski definition) is 1. The van der Waals surface area contributed by atoms with Crippen molar-refractivity contribution in [3.05, 3.63) is 36.7 Å². The van der Waals surface area contributed by atoms with Crippen LogP contribution in [0.5, 0.6) is 0 Å². The van der Waals surface area contributed by atoms with Crippen LogP contribution in [0.2, 0.25) is 0 Å². The second-order valence-electron chi connectivity index (χ2n) is 4.92. The molecule has 2 N–H and O–H groups in total. The molecule has 7 heteroatoms. The molecule has 0 aliphatic heterocycles. The highest BCUT2D eigenvalue weighted by Crippen LogP contribution is 2.25. The third-order valence-corrected chi connectivity index (χ3v) is 4.41. The average Bonchev–Trinajstić information content (AvgIpc) is 2.75. The SMILES string of the molecule is Cn1c(-c2cncc(N)c2)nc2cc(S(C)(=O)=O)ccc21. The molecule has 0 aliphatic rings. The van der Waals surface area contributed by atoms with Crippen LogP contribution in [0.15, 0.2) is 41.6 Å². The van der Waals surface area contributed by atoms with Crippen molar-refractivity contribution in [2.45, 2.75) is 4.90 Å². The Morgan fingerprint density at radius 3 is 2.62 bits per heavy atom. The molecule has 0 aliphatic carbocycles. The number of rotatable bonds is 2. The number of nitrogens with two attached hydrogens (primary N) is 1. The minimum Gasteiger partial charge on any atom is -0.397 e. The highest BCUT2D eigenvalue weighted by atomic mass is 32.2. The fourth-order valence-electron chi connectivity index (χ4n) is 2.25. The molecule has 0 saturated carbocycles. The van der Waals surface area contributed by atoms with Crippen LogP contribution in [-0.2, 0) is 16.9 Å². The lowest BCUT2D eigenvalue weighted by Crippen LogP contribution is -1.97. The van der Waals surface area contributed by atoms with Crippen molar-refractivity contribution >= 4 is 26.6 Å². The number of nitrogens with zero attached hydrogens (tertiary/aromatic N) is 3. The van der Waals surface area contributed by atoms with E-state index in [1.807, 2.05) is 11.6 Å². The lowest BCUT2D eigenvalue weighted by Gasteiger charge is -2.03. The van der Waals surface area contributed by atoms with Crippen LogP contribution >= 0.6 is 0 Å². The van der Waals surface area contributed by atoms with Gasteiger partial charge in [-0.25, -0.2) is 13.4 Å². The number of imidazole rings is 1. The number of hydrogen-bond acceptors (Lipinski definition) is 5. The Bertz CT molecular complexity index is 945. The van der Waals surface area contributed by atoms with Crippen molar-refractivity contribution in [2.75, 3.05) is 12.0 Å². The summed E-state index contributed by atoms with van der Waals surface area (Å²) in [5, 5.41) is 0. The maximum atomic E-state index is 11.6. The van der Waals surface area contributed by atoms with Crippen molar-refractivity contribution in [1.29, 1.82) is 0 Å². The number of aromatic nitrogens is 3. The van der Waals surface area contributed by atoms with E-state index in [4.69, 9.17) is 5.73 Å². The van der Waals surface area contributed by atoms with Gasteiger partial charge in [0.15, 0.2) is 9.84 Å². The van der Waals surface area contributed by atoms with Crippen LogP contribution in [0.4, 0.5) is 5.69 Å². The summed E-state index contributed by atoms with van der Waals surface area (Å²) in [4.78, 5) is 8.81. The number of nitrogen functional groups attached to an aromatic ring is 1. The van der Waals surface area contributed by atoms with E-state index in [9.17, 15) is 8.42 Å². The first kappa shape index (κ1) is 13.6. The standard InChI is InChI=1S/C14H14N4O2S/c1-18-13-4-3-11(21(2,19)20)6-12(13)17-14(18)9-5-10(15)8-16-7-9/h3-8H,15H2,1-2H3.